The van der Waals surface area contributed by atoms with Crippen molar-refractivity contribution >= 4 is 28.4 Å². The number of aromatic nitrogens is 3. The summed E-state index contributed by atoms with van der Waals surface area (Å²) < 4.78 is 26.2. The van der Waals surface area contributed by atoms with Crippen LogP contribution in [0, 0.1) is 12.3 Å². The molecule has 2 aliphatic heterocycles. The number of alkyl halides is 2. The summed E-state index contributed by atoms with van der Waals surface area (Å²) in [5.74, 6) is 2.15. The Balaban J connectivity index is 1.42. The number of amides is 1. The van der Waals surface area contributed by atoms with Gasteiger partial charge in [-0.15, -0.1) is 0 Å². The monoisotopic (exact) mass is 438 g/mol. The maximum absolute atomic E-state index is 13.1. The van der Waals surface area contributed by atoms with Crippen LogP contribution in [-0.4, -0.2) is 40.5 Å². The molecule has 0 bridgehead atoms. The molecule has 1 atom stereocenters. The largest absolute Gasteiger partial charge is 0.363 e. The highest BCUT2D eigenvalue weighted by Gasteiger charge is 2.48. The van der Waals surface area contributed by atoms with Gasteiger partial charge in [0.1, 0.15) is 17.5 Å². The van der Waals surface area contributed by atoms with Crippen LogP contribution in [0.5, 0.6) is 0 Å². The van der Waals surface area contributed by atoms with Crippen molar-refractivity contribution in [1.29, 1.82) is 0 Å². The van der Waals surface area contributed by atoms with E-state index in [4.69, 9.17) is 0 Å². The molecule has 4 heterocycles. The summed E-state index contributed by atoms with van der Waals surface area (Å²) in [5, 5.41) is 7.10. The number of nitrogens with one attached hydrogen (secondary N) is 2. The van der Waals surface area contributed by atoms with Crippen molar-refractivity contribution in [2.24, 2.45) is 5.41 Å². The van der Waals surface area contributed by atoms with Crippen molar-refractivity contribution in [3.63, 3.8) is 0 Å². The third kappa shape index (κ3) is 3.72. The van der Waals surface area contributed by atoms with E-state index in [9.17, 15) is 13.6 Å². The van der Waals surface area contributed by atoms with Gasteiger partial charge < -0.3 is 15.5 Å². The van der Waals surface area contributed by atoms with E-state index >= 15 is 0 Å². The summed E-state index contributed by atoms with van der Waals surface area (Å²) in [7, 11) is 0. The number of nitrogens with zero attached hydrogens (tertiary/aromatic N) is 4. The van der Waals surface area contributed by atoms with Crippen LogP contribution in [0.15, 0.2) is 36.5 Å². The van der Waals surface area contributed by atoms with Crippen molar-refractivity contribution in [3.8, 4) is 0 Å². The number of pyridine rings is 1. The second-order valence-electron chi connectivity index (χ2n) is 8.83. The Kier molecular flexibility index (Phi) is 4.91. The highest BCUT2D eigenvalue weighted by atomic mass is 19.3. The molecule has 32 heavy (non-hydrogen) atoms. The smallest absolute Gasteiger partial charge is 0.263 e. The van der Waals surface area contributed by atoms with Crippen molar-refractivity contribution in [3.05, 3.63) is 53.5 Å². The van der Waals surface area contributed by atoms with Gasteiger partial charge in [-0.05, 0) is 31.5 Å². The average Bonchev–Trinajstić information content (AvgIpc) is 3.14. The predicted octanol–water partition coefficient (Wildman–Crippen LogP) is 3.77. The number of carbonyl (C=O) groups is 1. The zero-order chi connectivity index (χ0) is 22.5. The molecule has 2 aromatic heterocycles. The standard InChI is InChI=1S/C23H24F2N6O/c1-13(15-4-3-5-16(6-15)21(24)25)28-22-17-7-19(26-9-18(17)29-14(2)30-22)31-11-23(12-31)8-20(32)27-10-23/h3-7,9,13,21H,8,10-12H2,1-2H3,(H,27,32)(H,28,29,30)/t13-/m1/s1. The van der Waals surface area contributed by atoms with Gasteiger partial charge in [-0.1, -0.05) is 18.2 Å². The molecule has 2 N–H and O–H groups in total. The summed E-state index contributed by atoms with van der Waals surface area (Å²) in [6, 6.07) is 8.13. The lowest BCUT2D eigenvalue weighted by Gasteiger charge is -2.47. The SMILES string of the molecule is Cc1nc(N[C@H](C)c2cccc(C(F)F)c2)c2cc(N3CC4(CNC(=O)C4)C3)ncc2n1. The maximum atomic E-state index is 13.1. The van der Waals surface area contributed by atoms with Crippen LogP contribution in [0.4, 0.5) is 20.4 Å². The Bertz CT molecular complexity index is 1190. The zero-order valence-corrected chi connectivity index (χ0v) is 17.9. The van der Waals surface area contributed by atoms with Gasteiger partial charge in [0.05, 0.1) is 11.7 Å². The number of benzene rings is 1. The van der Waals surface area contributed by atoms with Gasteiger partial charge >= 0.3 is 0 Å². The molecule has 5 rings (SSSR count). The van der Waals surface area contributed by atoms with Crippen LogP contribution in [0.2, 0.25) is 0 Å². The molecule has 0 saturated carbocycles. The Hall–Kier alpha value is -3.36. The average molecular weight is 438 g/mol. The molecule has 3 aromatic rings. The lowest BCUT2D eigenvalue weighted by Crippen LogP contribution is -2.57. The van der Waals surface area contributed by atoms with Crippen molar-refractivity contribution < 1.29 is 13.6 Å². The summed E-state index contributed by atoms with van der Waals surface area (Å²) in [5.41, 5.74) is 1.47. The van der Waals surface area contributed by atoms with Gasteiger partial charge in [0.2, 0.25) is 5.91 Å². The molecule has 1 aromatic carbocycles. The zero-order valence-electron chi connectivity index (χ0n) is 17.9. The molecular formula is C23H24F2N6O. The molecular weight excluding hydrogens is 414 g/mol. The van der Waals surface area contributed by atoms with Crippen LogP contribution in [0.3, 0.4) is 0 Å². The van der Waals surface area contributed by atoms with E-state index in [-0.39, 0.29) is 22.9 Å². The van der Waals surface area contributed by atoms with E-state index in [0.29, 0.717) is 30.1 Å². The summed E-state index contributed by atoms with van der Waals surface area (Å²) in [4.78, 5) is 27.4. The number of anilines is 2. The van der Waals surface area contributed by atoms with Crippen molar-refractivity contribution in [2.45, 2.75) is 32.7 Å². The Morgan fingerprint density at radius 3 is 2.69 bits per heavy atom. The van der Waals surface area contributed by atoms with Gasteiger partial charge in [0, 0.05) is 48.5 Å². The summed E-state index contributed by atoms with van der Waals surface area (Å²) >= 11 is 0. The van der Waals surface area contributed by atoms with Gasteiger partial charge in [-0.25, -0.2) is 23.7 Å². The van der Waals surface area contributed by atoms with Gasteiger partial charge in [0.25, 0.3) is 6.43 Å². The lowest BCUT2D eigenvalue weighted by molar-refractivity contribution is -0.119. The van der Waals surface area contributed by atoms with Gasteiger partial charge in [-0.2, -0.15) is 0 Å². The number of rotatable bonds is 5. The fourth-order valence-corrected chi connectivity index (χ4v) is 4.57. The second kappa shape index (κ2) is 7.65. The van der Waals surface area contributed by atoms with Gasteiger partial charge in [0.15, 0.2) is 0 Å². The quantitative estimate of drug-likeness (QED) is 0.631. The van der Waals surface area contributed by atoms with Crippen LogP contribution in [-0.2, 0) is 4.79 Å². The highest BCUT2D eigenvalue weighted by Crippen LogP contribution is 2.39. The molecule has 9 heteroatoms. The minimum absolute atomic E-state index is 0.00189. The molecule has 1 amide bonds. The fourth-order valence-electron chi connectivity index (χ4n) is 4.57. The van der Waals surface area contributed by atoms with Crippen LogP contribution < -0.4 is 15.5 Å². The van der Waals surface area contributed by atoms with E-state index < -0.39 is 6.43 Å². The van der Waals surface area contributed by atoms with Crippen LogP contribution in [0.1, 0.15) is 42.8 Å². The minimum atomic E-state index is -2.51. The molecule has 0 unspecified atom stereocenters. The molecule has 2 saturated heterocycles. The number of carbonyl (C=O) groups excluding carboxylic acids is 1. The molecule has 7 nitrogen and oxygen atoms in total. The summed E-state index contributed by atoms with van der Waals surface area (Å²) in [6.45, 7) is 5.98. The van der Waals surface area contributed by atoms with E-state index in [1.54, 1.807) is 12.3 Å². The first-order chi connectivity index (χ1) is 15.3. The Labute approximate surface area is 184 Å². The van der Waals surface area contributed by atoms with Crippen LogP contribution >= 0.6 is 0 Å². The van der Waals surface area contributed by atoms with Crippen molar-refractivity contribution in [1.82, 2.24) is 20.3 Å². The summed E-state index contributed by atoms with van der Waals surface area (Å²) in [6.07, 6.45) is -0.222. The molecule has 2 fully saturated rings. The molecule has 2 aliphatic rings. The molecule has 0 aliphatic carbocycles. The Morgan fingerprint density at radius 2 is 1.97 bits per heavy atom. The fraction of sp³-hybridized carbons (Fsp3) is 0.391. The van der Waals surface area contributed by atoms with E-state index in [1.165, 1.54) is 12.1 Å². The number of hydrogen-bond donors (Lipinski definition) is 2. The van der Waals surface area contributed by atoms with Crippen molar-refractivity contribution in [2.75, 3.05) is 29.9 Å². The van der Waals surface area contributed by atoms with E-state index in [2.05, 4.69) is 30.5 Å². The van der Waals surface area contributed by atoms with E-state index in [0.717, 1.165) is 29.9 Å². The number of hydrogen-bond acceptors (Lipinski definition) is 6. The molecule has 0 radical (unpaired) electrons. The number of fused-ring (bicyclic) bond motifs is 1. The van der Waals surface area contributed by atoms with Gasteiger partial charge in [-0.3, -0.25) is 4.79 Å². The first-order valence-electron chi connectivity index (χ1n) is 10.6. The predicted molar refractivity (Wildman–Crippen MR) is 118 cm³/mol. The second-order valence-corrected chi connectivity index (χ2v) is 8.83. The molecule has 166 valence electrons. The number of aryl methyl sites for hydroxylation is 1. The molecule has 1 spiro atoms. The van der Waals surface area contributed by atoms with Crippen LogP contribution in [0.25, 0.3) is 10.9 Å². The third-order valence-electron chi connectivity index (χ3n) is 6.27. The topological polar surface area (TPSA) is 83.0 Å². The van der Waals surface area contributed by atoms with E-state index in [1.807, 2.05) is 26.0 Å². The minimum Gasteiger partial charge on any atom is -0.363 e. The normalized spacial score (nSPS) is 18.2. The first-order valence-corrected chi connectivity index (χ1v) is 10.6. The lowest BCUT2D eigenvalue weighted by atomic mass is 9.79. The number of halogens is 2. The highest BCUT2D eigenvalue weighted by molar-refractivity contribution is 5.91. The Morgan fingerprint density at radius 1 is 1.19 bits per heavy atom. The first kappa shape index (κ1) is 20.5. The maximum Gasteiger partial charge on any atom is 0.263 e. The third-order valence-corrected chi connectivity index (χ3v) is 6.27.